The first-order valence-electron chi connectivity index (χ1n) is 7.77. The third-order valence-corrected chi connectivity index (χ3v) is 3.78. The van der Waals surface area contributed by atoms with Crippen LogP contribution in [0.4, 0.5) is 5.69 Å². The number of carbonyl (C=O) groups is 1. The van der Waals surface area contributed by atoms with Gasteiger partial charge in [0.25, 0.3) is 0 Å². The van der Waals surface area contributed by atoms with Gasteiger partial charge >= 0.3 is 0 Å². The van der Waals surface area contributed by atoms with Crippen LogP contribution in [0.2, 0.25) is 0 Å². The Balaban J connectivity index is 2.17. The van der Waals surface area contributed by atoms with Crippen molar-refractivity contribution < 1.29 is 9.53 Å². The van der Waals surface area contributed by atoms with Crippen molar-refractivity contribution >= 4 is 11.5 Å². The Labute approximate surface area is 138 Å². The molecule has 0 radical (unpaired) electrons. The van der Waals surface area contributed by atoms with Crippen LogP contribution in [0.5, 0.6) is 5.75 Å². The molecule has 0 amide bonds. The zero-order valence-electron chi connectivity index (χ0n) is 14.1. The van der Waals surface area contributed by atoms with Crippen molar-refractivity contribution in [1.29, 1.82) is 0 Å². The molecule has 2 aromatic rings. The molecule has 23 heavy (non-hydrogen) atoms. The Morgan fingerprint density at radius 3 is 2.48 bits per heavy atom. The summed E-state index contributed by atoms with van der Waals surface area (Å²) in [6.07, 6.45) is 2.58. The highest BCUT2D eigenvalue weighted by Crippen LogP contribution is 2.23. The Bertz CT molecular complexity index is 715. The lowest BCUT2D eigenvalue weighted by Crippen LogP contribution is -2.04. The summed E-state index contributed by atoms with van der Waals surface area (Å²) in [6, 6.07) is 13.4. The molecule has 3 nitrogen and oxygen atoms in total. The molecule has 2 aromatic carbocycles. The van der Waals surface area contributed by atoms with E-state index < -0.39 is 0 Å². The topological polar surface area (TPSA) is 38.3 Å². The van der Waals surface area contributed by atoms with Crippen molar-refractivity contribution in [1.82, 2.24) is 0 Å². The van der Waals surface area contributed by atoms with Gasteiger partial charge < -0.3 is 10.1 Å². The van der Waals surface area contributed by atoms with Gasteiger partial charge in [0.2, 0.25) is 0 Å². The van der Waals surface area contributed by atoms with Crippen molar-refractivity contribution in [3.8, 4) is 5.75 Å². The molecule has 0 aliphatic carbocycles. The van der Waals surface area contributed by atoms with E-state index in [1.807, 2.05) is 6.92 Å². The molecular weight excluding hydrogens is 286 g/mol. The third-order valence-electron chi connectivity index (χ3n) is 3.78. The first kappa shape index (κ1) is 16.8. The largest absolute Gasteiger partial charge is 0.497 e. The fraction of sp³-hybridized carbons (Fsp3) is 0.250. The van der Waals surface area contributed by atoms with E-state index in [-0.39, 0.29) is 5.78 Å². The average molecular weight is 309 g/mol. The second-order valence-electron chi connectivity index (χ2n) is 5.51. The molecule has 0 bridgehead atoms. The molecule has 0 saturated heterocycles. The smallest absolute Gasteiger partial charge is 0.187 e. The van der Waals surface area contributed by atoms with E-state index in [1.54, 1.807) is 37.5 Å². The van der Waals surface area contributed by atoms with E-state index in [1.165, 1.54) is 11.1 Å². The second kappa shape index (κ2) is 7.63. The molecule has 120 valence electrons. The zero-order valence-corrected chi connectivity index (χ0v) is 14.1. The SMILES string of the molecule is CCc1cccc(C)c1N/C(C)=C/C(=O)c1ccc(OC)cc1. The van der Waals surface area contributed by atoms with E-state index in [4.69, 9.17) is 4.74 Å². The summed E-state index contributed by atoms with van der Waals surface area (Å²) in [4.78, 5) is 12.3. The molecule has 0 aliphatic rings. The summed E-state index contributed by atoms with van der Waals surface area (Å²) in [5.74, 6) is 0.720. The van der Waals surface area contributed by atoms with Crippen LogP contribution in [0.1, 0.15) is 35.3 Å². The van der Waals surface area contributed by atoms with Crippen molar-refractivity contribution in [3.63, 3.8) is 0 Å². The molecule has 0 unspecified atom stereocenters. The van der Waals surface area contributed by atoms with E-state index >= 15 is 0 Å². The van der Waals surface area contributed by atoms with Gasteiger partial charge in [-0.2, -0.15) is 0 Å². The molecule has 3 heteroatoms. The lowest BCUT2D eigenvalue weighted by atomic mass is 10.1. The van der Waals surface area contributed by atoms with Crippen molar-refractivity contribution in [2.45, 2.75) is 27.2 Å². The molecule has 0 heterocycles. The highest BCUT2D eigenvalue weighted by atomic mass is 16.5. The molecule has 0 aliphatic heterocycles. The molecule has 0 aromatic heterocycles. The first-order valence-corrected chi connectivity index (χ1v) is 7.77. The molecule has 2 rings (SSSR count). The highest BCUT2D eigenvalue weighted by Gasteiger charge is 2.07. The fourth-order valence-corrected chi connectivity index (χ4v) is 2.47. The van der Waals surface area contributed by atoms with E-state index in [0.29, 0.717) is 5.56 Å². The molecule has 0 fully saturated rings. The number of para-hydroxylation sites is 1. The number of carbonyl (C=O) groups excluding carboxylic acids is 1. The standard InChI is InChI=1S/C20H23NO2/c1-5-16-8-6-7-14(2)20(16)21-15(3)13-19(22)17-9-11-18(23-4)12-10-17/h6-13,21H,5H2,1-4H3/b15-13+. The van der Waals surface area contributed by atoms with E-state index in [2.05, 4.69) is 37.4 Å². The Kier molecular flexibility index (Phi) is 5.58. The van der Waals surface area contributed by atoms with Crippen LogP contribution in [0, 0.1) is 6.92 Å². The number of hydrogen-bond acceptors (Lipinski definition) is 3. The second-order valence-corrected chi connectivity index (χ2v) is 5.51. The maximum atomic E-state index is 12.3. The van der Waals surface area contributed by atoms with Gasteiger partial charge in [-0.05, 0) is 55.7 Å². The average Bonchev–Trinajstić information content (AvgIpc) is 2.56. The number of allylic oxidation sites excluding steroid dienone is 2. The predicted molar refractivity (Wildman–Crippen MR) is 95.3 cm³/mol. The number of anilines is 1. The Morgan fingerprint density at radius 1 is 1.17 bits per heavy atom. The van der Waals surface area contributed by atoms with Gasteiger partial charge in [0, 0.05) is 23.0 Å². The van der Waals surface area contributed by atoms with Crippen LogP contribution in [0.25, 0.3) is 0 Å². The van der Waals surface area contributed by atoms with E-state index in [9.17, 15) is 4.79 Å². The minimum Gasteiger partial charge on any atom is -0.497 e. The summed E-state index contributed by atoms with van der Waals surface area (Å²) in [7, 11) is 1.61. The predicted octanol–water partition coefficient (Wildman–Crippen LogP) is 4.76. The lowest BCUT2D eigenvalue weighted by molar-refractivity contribution is 0.104. The molecule has 0 saturated carbocycles. The van der Waals surface area contributed by atoms with Gasteiger partial charge in [0.15, 0.2) is 5.78 Å². The number of rotatable bonds is 6. The van der Waals surface area contributed by atoms with Crippen molar-refractivity contribution in [2.75, 3.05) is 12.4 Å². The summed E-state index contributed by atoms with van der Waals surface area (Å²) in [6.45, 7) is 6.11. The maximum absolute atomic E-state index is 12.3. The van der Waals surface area contributed by atoms with Crippen LogP contribution in [0.3, 0.4) is 0 Å². The van der Waals surface area contributed by atoms with Crippen LogP contribution in [-0.4, -0.2) is 12.9 Å². The van der Waals surface area contributed by atoms with Crippen molar-refractivity contribution in [3.05, 3.63) is 70.9 Å². The maximum Gasteiger partial charge on any atom is 0.187 e. The molecule has 1 N–H and O–H groups in total. The lowest BCUT2D eigenvalue weighted by Gasteiger charge is -2.14. The summed E-state index contributed by atoms with van der Waals surface area (Å²) in [5, 5.41) is 3.37. The minimum atomic E-state index is -0.0238. The number of benzene rings is 2. The van der Waals surface area contributed by atoms with Crippen LogP contribution >= 0.6 is 0 Å². The number of nitrogens with one attached hydrogen (secondary N) is 1. The number of ether oxygens (including phenoxy) is 1. The van der Waals surface area contributed by atoms with Gasteiger partial charge in [-0.15, -0.1) is 0 Å². The Morgan fingerprint density at radius 2 is 1.87 bits per heavy atom. The summed E-state index contributed by atoms with van der Waals surface area (Å²) < 4.78 is 5.11. The third kappa shape index (κ3) is 4.22. The van der Waals surface area contributed by atoms with Crippen LogP contribution < -0.4 is 10.1 Å². The Hall–Kier alpha value is -2.55. The number of hydrogen-bond donors (Lipinski definition) is 1. The van der Waals surface area contributed by atoms with Gasteiger partial charge in [0.1, 0.15) is 5.75 Å². The van der Waals surface area contributed by atoms with Gasteiger partial charge in [-0.1, -0.05) is 25.1 Å². The first-order chi connectivity index (χ1) is 11.0. The van der Waals surface area contributed by atoms with Crippen molar-refractivity contribution in [2.24, 2.45) is 0 Å². The number of ketones is 1. The minimum absolute atomic E-state index is 0.0238. The highest BCUT2D eigenvalue weighted by molar-refractivity contribution is 6.05. The quantitative estimate of drug-likeness (QED) is 0.617. The molecule has 0 atom stereocenters. The normalized spacial score (nSPS) is 11.2. The summed E-state index contributed by atoms with van der Waals surface area (Å²) in [5.41, 5.74) is 4.98. The van der Waals surface area contributed by atoms with Crippen LogP contribution in [0.15, 0.2) is 54.2 Å². The zero-order chi connectivity index (χ0) is 16.8. The fourth-order valence-electron chi connectivity index (χ4n) is 2.47. The van der Waals surface area contributed by atoms with Gasteiger partial charge in [-0.25, -0.2) is 0 Å². The van der Waals surface area contributed by atoms with Crippen LogP contribution in [-0.2, 0) is 6.42 Å². The number of aryl methyl sites for hydroxylation is 2. The van der Waals surface area contributed by atoms with Gasteiger partial charge in [0.05, 0.1) is 7.11 Å². The van der Waals surface area contributed by atoms with E-state index in [0.717, 1.165) is 23.6 Å². The van der Waals surface area contributed by atoms with Gasteiger partial charge in [-0.3, -0.25) is 4.79 Å². The monoisotopic (exact) mass is 309 g/mol. The number of methoxy groups -OCH3 is 1. The molecular formula is C20H23NO2. The molecule has 0 spiro atoms. The summed E-state index contributed by atoms with van der Waals surface area (Å²) >= 11 is 0.